The molecule has 0 aromatic rings. The van der Waals surface area contributed by atoms with Gasteiger partial charge in [0.15, 0.2) is 5.78 Å². The van der Waals surface area contributed by atoms with Crippen LogP contribution in [0.5, 0.6) is 0 Å². The lowest BCUT2D eigenvalue weighted by molar-refractivity contribution is -0.134. The van der Waals surface area contributed by atoms with Crippen LogP contribution in [0.1, 0.15) is 60.3 Å². The molecule has 1 saturated carbocycles. The number of hydrogen-bond donors (Lipinski definition) is 1. The molecule has 4 nitrogen and oxygen atoms in total. The molecule has 0 heterocycles. The highest BCUT2D eigenvalue weighted by Crippen LogP contribution is 2.22. The molecular weight excluding hydrogens is 264 g/mol. The van der Waals surface area contributed by atoms with Gasteiger partial charge in [-0.05, 0) is 46.0 Å². The van der Waals surface area contributed by atoms with Crippen molar-refractivity contribution < 1.29 is 9.59 Å². The van der Waals surface area contributed by atoms with Crippen molar-refractivity contribution in [2.75, 3.05) is 13.1 Å². The summed E-state index contributed by atoms with van der Waals surface area (Å²) < 4.78 is 0. The third-order valence-electron chi connectivity index (χ3n) is 4.25. The first-order valence-electron chi connectivity index (χ1n) is 8.20. The molecule has 1 rings (SSSR count). The van der Waals surface area contributed by atoms with E-state index in [1.807, 2.05) is 39.5 Å². The minimum Gasteiger partial charge on any atom is -0.377 e. The van der Waals surface area contributed by atoms with Gasteiger partial charge in [-0.1, -0.05) is 13.8 Å². The van der Waals surface area contributed by atoms with Crippen LogP contribution < -0.4 is 5.32 Å². The van der Waals surface area contributed by atoms with E-state index in [9.17, 15) is 9.59 Å². The zero-order valence-electron chi connectivity index (χ0n) is 14.2. The predicted octanol–water partition coefficient (Wildman–Crippen LogP) is 2.89. The predicted molar refractivity (Wildman–Crippen MR) is 85.9 cm³/mol. The smallest absolute Gasteiger partial charge is 0.245 e. The molecule has 1 aliphatic rings. The third kappa shape index (κ3) is 4.58. The molecule has 0 radical (unpaired) electrons. The Balaban J connectivity index is 2.90. The molecule has 1 N–H and O–H groups in total. The van der Waals surface area contributed by atoms with E-state index in [4.69, 9.17) is 0 Å². The average Bonchev–Trinajstić information content (AvgIpc) is 2.45. The molecule has 0 aliphatic heterocycles. The van der Waals surface area contributed by atoms with E-state index in [1.54, 1.807) is 0 Å². The van der Waals surface area contributed by atoms with Crippen LogP contribution in [0, 0.1) is 5.92 Å². The Morgan fingerprint density at radius 2 is 1.76 bits per heavy atom. The number of nitrogens with zero attached hydrogens (tertiary/aromatic N) is 1. The first-order chi connectivity index (χ1) is 9.92. The second-order valence-electron chi connectivity index (χ2n) is 6.11. The summed E-state index contributed by atoms with van der Waals surface area (Å²) in [5.41, 5.74) is 1.78. The van der Waals surface area contributed by atoms with Gasteiger partial charge in [0.2, 0.25) is 5.91 Å². The van der Waals surface area contributed by atoms with E-state index in [0.717, 1.165) is 43.6 Å². The highest BCUT2D eigenvalue weighted by Gasteiger charge is 2.27. The van der Waals surface area contributed by atoms with Crippen LogP contribution >= 0.6 is 0 Å². The molecule has 120 valence electrons. The maximum absolute atomic E-state index is 12.6. The van der Waals surface area contributed by atoms with Gasteiger partial charge in [0, 0.05) is 30.8 Å². The molecule has 1 amide bonds. The maximum atomic E-state index is 12.6. The van der Waals surface area contributed by atoms with Gasteiger partial charge in [0.1, 0.15) is 6.04 Å². The second kappa shape index (κ2) is 8.20. The van der Waals surface area contributed by atoms with Gasteiger partial charge in [0.05, 0.1) is 0 Å². The highest BCUT2D eigenvalue weighted by atomic mass is 16.2. The van der Waals surface area contributed by atoms with Gasteiger partial charge in [-0.25, -0.2) is 0 Å². The minimum atomic E-state index is -0.257. The summed E-state index contributed by atoms with van der Waals surface area (Å²) in [6.45, 7) is 11.4. The molecule has 1 atom stereocenters. The van der Waals surface area contributed by atoms with Crippen LogP contribution in [-0.4, -0.2) is 35.7 Å². The van der Waals surface area contributed by atoms with Gasteiger partial charge in [0.25, 0.3) is 0 Å². The van der Waals surface area contributed by atoms with Crippen LogP contribution in [0.4, 0.5) is 0 Å². The summed E-state index contributed by atoms with van der Waals surface area (Å²) in [6.07, 6.45) is 3.53. The molecule has 0 spiro atoms. The fourth-order valence-electron chi connectivity index (χ4n) is 2.84. The normalized spacial score (nSPS) is 19.4. The van der Waals surface area contributed by atoms with E-state index >= 15 is 0 Å². The average molecular weight is 294 g/mol. The van der Waals surface area contributed by atoms with E-state index in [2.05, 4.69) is 5.32 Å². The topological polar surface area (TPSA) is 49.4 Å². The minimum absolute atomic E-state index is 0.123. The van der Waals surface area contributed by atoms with Crippen LogP contribution in [0.3, 0.4) is 0 Å². The fourth-order valence-corrected chi connectivity index (χ4v) is 2.84. The van der Waals surface area contributed by atoms with Crippen LogP contribution in [-0.2, 0) is 9.59 Å². The lowest BCUT2D eigenvalue weighted by atomic mass is 9.91. The Morgan fingerprint density at radius 1 is 1.19 bits per heavy atom. The van der Waals surface area contributed by atoms with Crippen molar-refractivity contribution in [2.24, 2.45) is 5.92 Å². The van der Waals surface area contributed by atoms with Crippen molar-refractivity contribution in [3.8, 4) is 0 Å². The molecule has 0 aromatic heterocycles. The summed E-state index contributed by atoms with van der Waals surface area (Å²) in [5, 5.41) is 3.33. The number of Topliss-reactive ketones (excluding diaryl/α,β-unsaturated/α-hetero) is 1. The molecule has 0 bridgehead atoms. The fraction of sp³-hybridized carbons (Fsp3) is 0.765. The van der Waals surface area contributed by atoms with E-state index in [-0.39, 0.29) is 23.7 Å². The van der Waals surface area contributed by atoms with Crippen LogP contribution in [0.25, 0.3) is 0 Å². The van der Waals surface area contributed by atoms with Crippen molar-refractivity contribution in [2.45, 2.75) is 66.3 Å². The number of hydrogen-bond acceptors (Lipinski definition) is 3. The lowest BCUT2D eigenvalue weighted by Crippen LogP contribution is -2.49. The lowest BCUT2D eigenvalue weighted by Gasteiger charge is -2.30. The highest BCUT2D eigenvalue weighted by molar-refractivity contribution is 5.96. The summed E-state index contributed by atoms with van der Waals surface area (Å²) in [6, 6.07) is -0.257. The van der Waals surface area contributed by atoms with E-state index < -0.39 is 0 Å². The summed E-state index contributed by atoms with van der Waals surface area (Å²) in [5.74, 6) is 0.551. The zero-order valence-corrected chi connectivity index (χ0v) is 14.2. The monoisotopic (exact) mass is 294 g/mol. The number of likely N-dealkylation sites (N-methyl/N-ethyl adjacent to an activating group) is 1. The van der Waals surface area contributed by atoms with Gasteiger partial charge < -0.3 is 10.2 Å². The Kier molecular flexibility index (Phi) is 6.93. The van der Waals surface area contributed by atoms with Crippen molar-refractivity contribution in [3.05, 3.63) is 11.3 Å². The SMILES string of the molecule is CCN(CC)C(=O)[C@@H](N/C(C)=C1/CCCCC1=O)C(C)C. The Bertz CT molecular complexity index is 409. The van der Waals surface area contributed by atoms with Crippen molar-refractivity contribution >= 4 is 11.7 Å². The molecule has 0 saturated heterocycles. The number of carbonyl (C=O) groups excluding carboxylic acids is 2. The van der Waals surface area contributed by atoms with Gasteiger partial charge >= 0.3 is 0 Å². The third-order valence-corrected chi connectivity index (χ3v) is 4.25. The molecule has 1 fully saturated rings. The standard InChI is InChI=1S/C17H30N2O2/c1-6-19(7-2)17(21)16(12(3)4)18-13(5)14-10-8-9-11-15(14)20/h12,16,18H,6-11H2,1-5H3/b14-13-/t16-/m0/s1. The molecule has 1 aliphatic carbocycles. The maximum Gasteiger partial charge on any atom is 0.245 e. The van der Waals surface area contributed by atoms with Crippen molar-refractivity contribution in [1.82, 2.24) is 10.2 Å². The first-order valence-corrected chi connectivity index (χ1v) is 8.20. The largest absolute Gasteiger partial charge is 0.377 e. The quantitative estimate of drug-likeness (QED) is 0.766. The Labute approximate surface area is 129 Å². The number of rotatable bonds is 6. The molecule has 21 heavy (non-hydrogen) atoms. The Hall–Kier alpha value is -1.32. The molecule has 4 heteroatoms. The van der Waals surface area contributed by atoms with Gasteiger partial charge in [-0.15, -0.1) is 0 Å². The number of ketones is 1. The first kappa shape index (κ1) is 17.7. The van der Waals surface area contributed by atoms with Gasteiger partial charge in [-0.3, -0.25) is 9.59 Å². The van der Waals surface area contributed by atoms with Crippen LogP contribution in [0.15, 0.2) is 11.3 Å². The molecular formula is C17H30N2O2. The molecule has 0 aromatic carbocycles. The van der Waals surface area contributed by atoms with Crippen LogP contribution in [0.2, 0.25) is 0 Å². The summed E-state index contributed by atoms with van der Waals surface area (Å²) in [7, 11) is 0. The van der Waals surface area contributed by atoms with Gasteiger partial charge in [-0.2, -0.15) is 0 Å². The number of allylic oxidation sites excluding steroid dienone is 2. The zero-order chi connectivity index (χ0) is 16.0. The van der Waals surface area contributed by atoms with Crippen molar-refractivity contribution in [1.29, 1.82) is 0 Å². The number of nitrogens with one attached hydrogen (secondary N) is 1. The van der Waals surface area contributed by atoms with E-state index in [1.165, 1.54) is 0 Å². The Morgan fingerprint density at radius 3 is 2.24 bits per heavy atom. The summed E-state index contributed by atoms with van der Waals surface area (Å²) in [4.78, 5) is 26.5. The molecule has 0 unspecified atom stereocenters. The second-order valence-corrected chi connectivity index (χ2v) is 6.11. The van der Waals surface area contributed by atoms with E-state index in [0.29, 0.717) is 6.42 Å². The van der Waals surface area contributed by atoms with Crippen molar-refractivity contribution in [3.63, 3.8) is 0 Å². The number of amides is 1. The number of carbonyl (C=O) groups is 2. The summed E-state index contributed by atoms with van der Waals surface area (Å²) >= 11 is 0.